The second-order valence-electron chi connectivity index (χ2n) is 5.83. The van der Waals surface area contributed by atoms with Crippen molar-refractivity contribution in [1.82, 2.24) is 9.78 Å². The summed E-state index contributed by atoms with van der Waals surface area (Å²) in [6.07, 6.45) is 0. The molecule has 0 spiro atoms. The van der Waals surface area contributed by atoms with Crippen molar-refractivity contribution in [2.45, 2.75) is 13.5 Å². The summed E-state index contributed by atoms with van der Waals surface area (Å²) in [7, 11) is 0. The van der Waals surface area contributed by atoms with Crippen molar-refractivity contribution < 1.29 is 14.3 Å². The first-order chi connectivity index (χ1) is 13.9. The van der Waals surface area contributed by atoms with Crippen LogP contribution in [0.2, 0.25) is 10.0 Å². The van der Waals surface area contributed by atoms with Gasteiger partial charge < -0.3 is 9.47 Å². The van der Waals surface area contributed by atoms with Crippen molar-refractivity contribution in [3.05, 3.63) is 84.7 Å². The van der Waals surface area contributed by atoms with Crippen LogP contribution in [-0.4, -0.2) is 22.4 Å². The molecule has 150 valence electrons. The van der Waals surface area contributed by atoms with Gasteiger partial charge in [0.05, 0.1) is 18.4 Å². The molecule has 0 saturated heterocycles. The second-order valence-corrected chi connectivity index (χ2v) is 7.59. The van der Waals surface area contributed by atoms with Crippen LogP contribution in [0.4, 0.5) is 0 Å². The van der Waals surface area contributed by atoms with Gasteiger partial charge in [-0.25, -0.2) is 4.79 Å². The molecule has 0 N–H and O–H groups in total. The maximum Gasteiger partial charge on any atom is 0.362 e. The average Bonchev–Trinajstić information content (AvgIpc) is 2.67. The van der Waals surface area contributed by atoms with E-state index in [0.717, 1.165) is 9.15 Å². The molecular weight excluding hydrogens is 483 g/mol. The molecule has 6 nitrogen and oxygen atoms in total. The summed E-state index contributed by atoms with van der Waals surface area (Å²) in [6.45, 7) is 1.85. The van der Waals surface area contributed by atoms with Gasteiger partial charge in [0, 0.05) is 20.1 Å². The summed E-state index contributed by atoms with van der Waals surface area (Å²) in [5, 5.41) is 5.08. The Balaban J connectivity index is 2.00. The van der Waals surface area contributed by atoms with E-state index in [4.69, 9.17) is 32.7 Å². The minimum absolute atomic E-state index is 0.00529. The van der Waals surface area contributed by atoms with Gasteiger partial charge in [-0.1, -0.05) is 51.3 Å². The monoisotopic (exact) mass is 496 g/mol. The first kappa shape index (κ1) is 21.4. The Labute approximate surface area is 185 Å². The molecule has 0 atom stereocenters. The zero-order chi connectivity index (χ0) is 21.0. The summed E-state index contributed by atoms with van der Waals surface area (Å²) in [4.78, 5) is 25.0. The Morgan fingerprint density at radius 3 is 2.66 bits per heavy atom. The van der Waals surface area contributed by atoms with Gasteiger partial charge in [-0.05, 0) is 37.3 Å². The third kappa shape index (κ3) is 5.18. The number of hydrogen-bond donors (Lipinski definition) is 0. The maximum absolute atomic E-state index is 12.6. The number of ether oxygens (including phenoxy) is 2. The van der Waals surface area contributed by atoms with Crippen LogP contribution in [0.15, 0.2) is 57.8 Å². The molecule has 29 heavy (non-hydrogen) atoms. The van der Waals surface area contributed by atoms with E-state index in [-0.39, 0.29) is 24.7 Å². The molecule has 9 heteroatoms. The smallest absolute Gasteiger partial charge is 0.362 e. The molecule has 0 aliphatic heterocycles. The summed E-state index contributed by atoms with van der Waals surface area (Å²) in [5.41, 5.74) is 0.550. The van der Waals surface area contributed by atoms with Crippen LogP contribution in [0, 0.1) is 0 Å². The Morgan fingerprint density at radius 2 is 1.97 bits per heavy atom. The highest BCUT2D eigenvalue weighted by Crippen LogP contribution is 2.24. The first-order valence-corrected chi connectivity index (χ1v) is 10.1. The Kier molecular flexibility index (Phi) is 6.95. The number of benzene rings is 2. The molecule has 0 unspecified atom stereocenters. The summed E-state index contributed by atoms with van der Waals surface area (Å²) in [5.74, 6) is -0.695. The molecule has 1 heterocycles. The van der Waals surface area contributed by atoms with Gasteiger partial charge in [0.15, 0.2) is 5.75 Å². The number of carbonyl (C=O) groups excluding carboxylic acids is 1. The van der Waals surface area contributed by atoms with E-state index in [1.54, 1.807) is 43.3 Å². The highest BCUT2D eigenvalue weighted by atomic mass is 79.9. The number of hydrogen-bond acceptors (Lipinski definition) is 5. The molecule has 3 aromatic rings. The van der Waals surface area contributed by atoms with E-state index in [0.29, 0.717) is 21.3 Å². The maximum atomic E-state index is 12.6. The van der Waals surface area contributed by atoms with Gasteiger partial charge in [0.25, 0.3) is 5.56 Å². The third-order valence-electron chi connectivity index (χ3n) is 3.82. The molecule has 2 aromatic carbocycles. The standard InChI is InChI=1S/C20H15BrCl2N2O4/c1-2-28-20(27)19-17(29-11-12-6-7-14(22)9-16(12)23)10-18(26)25(24-19)15-5-3-4-13(21)8-15/h3-10H,2,11H2,1H3. The topological polar surface area (TPSA) is 70.4 Å². The van der Waals surface area contributed by atoms with Gasteiger partial charge in [-0.15, -0.1) is 0 Å². The quantitative estimate of drug-likeness (QED) is 0.445. The predicted molar refractivity (Wildman–Crippen MR) is 114 cm³/mol. The van der Waals surface area contributed by atoms with E-state index in [1.807, 2.05) is 6.07 Å². The number of esters is 1. The zero-order valence-electron chi connectivity index (χ0n) is 15.2. The minimum Gasteiger partial charge on any atom is -0.486 e. The molecule has 0 amide bonds. The number of aromatic nitrogens is 2. The van der Waals surface area contributed by atoms with Gasteiger partial charge in [-0.3, -0.25) is 4.79 Å². The third-order valence-corrected chi connectivity index (χ3v) is 4.90. The molecule has 0 radical (unpaired) electrons. The van der Waals surface area contributed by atoms with Crippen LogP contribution in [0.25, 0.3) is 5.69 Å². The van der Waals surface area contributed by atoms with Crippen LogP contribution in [0.1, 0.15) is 23.0 Å². The van der Waals surface area contributed by atoms with E-state index in [1.165, 1.54) is 6.07 Å². The zero-order valence-corrected chi connectivity index (χ0v) is 18.3. The lowest BCUT2D eigenvalue weighted by molar-refractivity contribution is 0.0511. The number of carbonyl (C=O) groups is 1. The number of halogens is 3. The predicted octanol–water partition coefficient (Wildman–Crippen LogP) is 5.06. The Hall–Kier alpha value is -2.35. The lowest BCUT2D eigenvalue weighted by Crippen LogP contribution is -2.25. The van der Waals surface area contributed by atoms with E-state index in [2.05, 4.69) is 21.0 Å². The van der Waals surface area contributed by atoms with Gasteiger partial charge in [0.1, 0.15) is 6.61 Å². The number of rotatable bonds is 6. The Morgan fingerprint density at radius 1 is 1.17 bits per heavy atom. The fraction of sp³-hybridized carbons (Fsp3) is 0.150. The van der Waals surface area contributed by atoms with Crippen LogP contribution in [-0.2, 0) is 11.3 Å². The van der Waals surface area contributed by atoms with Crippen LogP contribution in [0.5, 0.6) is 5.75 Å². The second kappa shape index (κ2) is 9.43. The fourth-order valence-electron chi connectivity index (χ4n) is 2.48. The highest BCUT2D eigenvalue weighted by Gasteiger charge is 2.20. The molecule has 0 aliphatic rings. The molecule has 0 saturated carbocycles. The summed E-state index contributed by atoms with van der Waals surface area (Å²) >= 11 is 15.4. The fourth-order valence-corrected chi connectivity index (χ4v) is 3.33. The lowest BCUT2D eigenvalue weighted by Gasteiger charge is -2.13. The summed E-state index contributed by atoms with van der Waals surface area (Å²) in [6, 6.07) is 13.1. The van der Waals surface area contributed by atoms with Crippen molar-refractivity contribution >= 4 is 45.1 Å². The van der Waals surface area contributed by atoms with E-state index >= 15 is 0 Å². The van der Waals surface area contributed by atoms with Crippen molar-refractivity contribution in [3.63, 3.8) is 0 Å². The van der Waals surface area contributed by atoms with Gasteiger partial charge in [-0.2, -0.15) is 9.78 Å². The van der Waals surface area contributed by atoms with E-state index in [9.17, 15) is 9.59 Å². The minimum atomic E-state index is -0.701. The van der Waals surface area contributed by atoms with E-state index < -0.39 is 11.5 Å². The van der Waals surface area contributed by atoms with Crippen molar-refractivity contribution in [1.29, 1.82) is 0 Å². The summed E-state index contributed by atoms with van der Waals surface area (Å²) < 4.78 is 12.6. The molecule has 0 aliphatic carbocycles. The van der Waals surface area contributed by atoms with Crippen molar-refractivity contribution in [2.24, 2.45) is 0 Å². The highest BCUT2D eigenvalue weighted by molar-refractivity contribution is 9.10. The largest absolute Gasteiger partial charge is 0.486 e. The molecule has 3 rings (SSSR count). The first-order valence-electron chi connectivity index (χ1n) is 8.53. The SMILES string of the molecule is CCOC(=O)c1nn(-c2cccc(Br)c2)c(=O)cc1OCc1ccc(Cl)cc1Cl. The van der Waals surface area contributed by atoms with Crippen molar-refractivity contribution in [2.75, 3.05) is 6.61 Å². The normalized spacial score (nSPS) is 10.6. The molecule has 1 aromatic heterocycles. The number of nitrogens with zero attached hydrogens (tertiary/aromatic N) is 2. The average molecular weight is 498 g/mol. The van der Waals surface area contributed by atoms with Crippen LogP contribution in [0.3, 0.4) is 0 Å². The molecule has 0 fully saturated rings. The van der Waals surface area contributed by atoms with Crippen LogP contribution < -0.4 is 10.3 Å². The van der Waals surface area contributed by atoms with Gasteiger partial charge >= 0.3 is 5.97 Å². The molecular formula is C20H15BrCl2N2O4. The van der Waals surface area contributed by atoms with Crippen LogP contribution >= 0.6 is 39.1 Å². The molecule has 0 bridgehead atoms. The van der Waals surface area contributed by atoms with Gasteiger partial charge in [0.2, 0.25) is 5.69 Å². The Bertz CT molecular complexity index is 1120. The lowest BCUT2D eigenvalue weighted by atomic mass is 10.2. The van der Waals surface area contributed by atoms with Crippen molar-refractivity contribution in [3.8, 4) is 11.4 Å².